The second-order valence-electron chi connectivity index (χ2n) is 6.15. The number of fused-ring (bicyclic) bond motifs is 1. The van der Waals surface area contributed by atoms with Crippen molar-refractivity contribution in [3.05, 3.63) is 63.6 Å². The molecule has 1 unspecified atom stereocenters. The Bertz CT molecular complexity index is 799. The first kappa shape index (κ1) is 15.1. The lowest BCUT2D eigenvalue weighted by molar-refractivity contribution is 0.198. The average Bonchev–Trinajstić information content (AvgIpc) is 2.93. The van der Waals surface area contributed by atoms with Crippen molar-refractivity contribution in [2.24, 2.45) is 0 Å². The molecule has 0 N–H and O–H groups in total. The summed E-state index contributed by atoms with van der Waals surface area (Å²) in [5, 5.41) is 4.80. The van der Waals surface area contributed by atoms with E-state index in [-0.39, 0.29) is 0 Å². The maximum absolute atomic E-state index is 4.80. The highest BCUT2D eigenvalue weighted by Gasteiger charge is 2.26. The van der Waals surface area contributed by atoms with Gasteiger partial charge in [0.2, 0.25) is 0 Å². The van der Waals surface area contributed by atoms with Gasteiger partial charge in [-0.15, -0.1) is 0 Å². The Morgan fingerprint density at radius 1 is 1.17 bits per heavy atom. The van der Waals surface area contributed by atoms with Crippen LogP contribution in [0.25, 0.3) is 5.65 Å². The van der Waals surface area contributed by atoms with Crippen molar-refractivity contribution < 1.29 is 0 Å². The number of hydrogen-bond donors (Lipinski definition) is 0. The molecule has 1 aromatic carbocycles. The molecule has 1 saturated heterocycles. The summed E-state index contributed by atoms with van der Waals surface area (Å²) in [6.07, 6.45) is 6.27. The summed E-state index contributed by atoms with van der Waals surface area (Å²) >= 11 is 2.40. The standard InChI is InChI=1S/C18H19IN4/c19-16-17(21-23-11-5-9-20-18(16)23)15-8-4-10-22(13-15)12-14-6-2-1-3-7-14/h1-3,5-7,9,11,15H,4,8,10,12-13H2. The lowest BCUT2D eigenvalue weighted by atomic mass is 9.94. The summed E-state index contributed by atoms with van der Waals surface area (Å²) in [4.78, 5) is 7.01. The van der Waals surface area contributed by atoms with Crippen LogP contribution in [0.1, 0.15) is 30.0 Å². The topological polar surface area (TPSA) is 33.4 Å². The molecule has 0 radical (unpaired) electrons. The molecule has 0 spiro atoms. The van der Waals surface area contributed by atoms with E-state index in [0.717, 1.165) is 18.7 Å². The van der Waals surface area contributed by atoms with Gasteiger partial charge in [-0.05, 0) is 53.6 Å². The molecule has 1 aliphatic heterocycles. The third kappa shape index (κ3) is 3.12. The molecule has 118 valence electrons. The molecule has 1 aliphatic rings. The SMILES string of the molecule is Ic1c(C2CCCN(Cc3ccccc3)C2)nn2cccnc12. The van der Waals surface area contributed by atoms with Crippen LogP contribution >= 0.6 is 22.6 Å². The van der Waals surface area contributed by atoms with E-state index in [4.69, 9.17) is 5.10 Å². The molecule has 2 aromatic heterocycles. The molecule has 1 atom stereocenters. The normalized spacial score (nSPS) is 19.3. The fourth-order valence-corrected chi connectivity index (χ4v) is 4.34. The number of halogens is 1. The second-order valence-corrected chi connectivity index (χ2v) is 7.23. The van der Waals surface area contributed by atoms with Crippen LogP contribution in [0.2, 0.25) is 0 Å². The third-order valence-corrected chi connectivity index (χ3v) is 5.54. The molecular weight excluding hydrogens is 399 g/mol. The van der Waals surface area contributed by atoms with Gasteiger partial charge in [-0.25, -0.2) is 9.50 Å². The van der Waals surface area contributed by atoms with E-state index in [9.17, 15) is 0 Å². The average molecular weight is 418 g/mol. The Morgan fingerprint density at radius 3 is 2.87 bits per heavy atom. The highest BCUT2D eigenvalue weighted by molar-refractivity contribution is 14.1. The fraction of sp³-hybridized carbons (Fsp3) is 0.333. The van der Waals surface area contributed by atoms with E-state index in [1.165, 1.54) is 34.2 Å². The van der Waals surface area contributed by atoms with E-state index < -0.39 is 0 Å². The number of likely N-dealkylation sites (tertiary alicyclic amines) is 1. The van der Waals surface area contributed by atoms with Crippen molar-refractivity contribution in [3.63, 3.8) is 0 Å². The predicted molar refractivity (Wildman–Crippen MR) is 99.4 cm³/mol. The fourth-order valence-electron chi connectivity index (χ4n) is 3.40. The van der Waals surface area contributed by atoms with Gasteiger partial charge in [-0.1, -0.05) is 30.3 Å². The Hall–Kier alpha value is -1.47. The molecule has 23 heavy (non-hydrogen) atoms. The molecule has 0 amide bonds. The second kappa shape index (κ2) is 6.57. The van der Waals surface area contributed by atoms with Crippen molar-refractivity contribution in [2.75, 3.05) is 13.1 Å². The summed E-state index contributed by atoms with van der Waals surface area (Å²) in [7, 11) is 0. The Balaban J connectivity index is 1.55. The van der Waals surface area contributed by atoms with Crippen LogP contribution in [0.4, 0.5) is 0 Å². The van der Waals surface area contributed by atoms with E-state index >= 15 is 0 Å². The van der Waals surface area contributed by atoms with Gasteiger partial charge >= 0.3 is 0 Å². The summed E-state index contributed by atoms with van der Waals surface area (Å²) in [5.74, 6) is 0.501. The van der Waals surface area contributed by atoms with Crippen molar-refractivity contribution in [2.45, 2.75) is 25.3 Å². The van der Waals surface area contributed by atoms with Gasteiger partial charge in [-0.3, -0.25) is 4.90 Å². The van der Waals surface area contributed by atoms with Crippen LogP contribution in [0.3, 0.4) is 0 Å². The van der Waals surface area contributed by atoms with E-state index in [2.05, 4.69) is 62.8 Å². The lowest BCUT2D eigenvalue weighted by Crippen LogP contribution is -2.34. The van der Waals surface area contributed by atoms with E-state index in [1.54, 1.807) is 0 Å². The van der Waals surface area contributed by atoms with Crippen molar-refractivity contribution in [3.8, 4) is 0 Å². The van der Waals surface area contributed by atoms with Crippen LogP contribution < -0.4 is 0 Å². The first-order chi connectivity index (χ1) is 11.3. The highest BCUT2D eigenvalue weighted by atomic mass is 127. The Morgan fingerprint density at radius 2 is 2.04 bits per heavy atom. The number of nitrogens with zero attached hydrogens (tertiary/aromatic N) is 4. The summed E-state index contributed by atoms with van der Waals surface area (Å²) in [6.45, 7) is 3.28. The van der Waals surface area contributed by atoms with Crippen molar-refractivity contribution in [1.82, 2.24) is 19.5 Å². The third-order valence-electron chi connectivity index (χ3n) is 4.51. The highest BCUT2D eigenvalue weighted by Crippen LogP contribution is 2.31. The minimum absolute atomic E-state index is 0.501. The van der Waals surface area contributed by atoms with E-state index in [0.29, 0.717) is 5.92 Å². The summed E-state index contributed by atoms with van der Waals surface area (Å²) < 4.78 is 3.11. The zero-order valence-corrected chi connectivity index (χ0v) is 15.1. The van der Waals surface area contributed by atoms with Crippen LogP contribution in [0, 0.1) is 3.57 Å². The smallest absolute Gasteiger partial charge is 0.168 e. The predicted octanol–water partition coefficient (Wildman–Crippen LogP) is 3.71. The molecule has 5 heteroatoms. The van der Waals surface area contributed by atoms with Gasteiger partial charge in [0.15, 0.2) is 5.65 Å². The number of aromatic nitrogens is 3. The molecule has 3 aromatic rings. The zero-order valence-electron chi connectivity index (χ0n) is 12.9. The number of piperidine rings is 1. The van der Waals surface area contributed by atoms with E-state index in [1.807, 2.05) is 23.0 Å². The molecule has 0 aliphatic carbocycles. The van der Waals surface area contributed by atoms with Crippen molar-refractivity contribution in [1.29, 1.82) is 0 Å². The minimum Gasteiger partial charge on any atom is -0.298 e. The van der Waals surface area contributed by atoms with Gasteiger partial charge in [0.25, 0.3) is 0 Å². The maximum atomic E-state index is 4.80. The zero-order chi connectivity index (χ0) is 15.6. The molecule has 0 saturated carbocycles. The minimum atomic E-state index is 0.501. The first-order valence-corrected chi connectivity index (χ1v) is 9.14. The Labute approximate surface area is 149 Å². The van der Waals surface area contributed by atoms with Gasteiger partial charge in [-0.2, -0.15) is 5.10 Å². The number of hydrogen-bond acceptors (Lipinski definition) is 3. The molecule has 0 bridgehead atoms. The van der Waals surface area contributed by atoms with Crippen LogP contribution in [-0.2, 0) is 6.54 Å². The first-order valence-electron chi connectivity index (χ1n) is 8.06. The van der Waals surface area contributed by atoms with Crippen LogP contribution in [-0.4, -0.2) is 32.6 Å². The lowest BCUT2D eigenvalue weighted by Gasteiger charge is -2.32. The monoisotopic (exact) mass is 418 g/mol. The van der Waals surface area contributed by atoms with Gasteiger partial charge < -0.3 is 0 Å². The number of rotatable bonds is 3. The van der Waals surface area contributed by atoms with Gasteiger partial charge in [0, 0.05) is 31.4 Å². The quantitative estimate of drug-likeness (QED) is 0.609. The van der Waals surface area contributed by atoms with Crippen molar-refractivity contribution >= 4 is 28.2 Å². The maximum Gasteiger partial charge on any atom is 0.168 e. The molecule has 4 nitrogen and oxygen atoms in total. The van der Waals surface area contributed by atoms with Crippen LogP contribution in [0.15, 0.2) is 48.8 Å². The summed E-state index contributed by atoms with van der Waals surface area (Å²) in [6, 6.07) is 12.7. The molecule has 1 fully saturated rings. The van der Waals surface area contributed by atoms with Gasteiger partial charge in [0.1, 0.15) is 0 Å². The Kier molecular flexibility index (Phi) is 4.31. The number of benzene rings is 1. The largest absolute Gasteiger partial charge is 0.298 e. The van der Waals surface area contributed by atoms with Crippen LogP contribution in [0.5, 0.6) is 0 Å². The molecule has 3 heterocycles. The summed E-state index contributed by atoms with van der Waals surface area (Å²) in [5.41, 5.74) is 3.57. The molecule has 4 rings (SSSR count). The van der Waals surface area contributed by atoms with Gasteiger partial charge in [0.05, 0.1) is 9.26 Å². The molecular formula is C18H19IN4.